The van der Waals surface area contributed by atoms with Crippen LogP contribution < -0.4 is 15.0 Å². The van der Waals surface area contributed by atoms with E-state index in [1.54, 1.807) is 0 Å². The van der Waals surface area contributed by atoms with Gasteiger partial charge in [0.05, 0.1) is 24.2 Å². The number of tetrazole rings is 1. The van der Waals surface area contributed by atoms with Gasteiger partial charge in [0.2, 0.25) is 6.79 Å². The van der Waals surface area contributed by atoms with E-state index in [1.165, 1.54) is 0 Å². The van der Waals surface area contributed by atoms with Gasteiger partial charge >= 0.3 is 0 Å². The molecule has 4 aromatic rings. The van der Waals surface area contributed by atoms with Crippen LogP contribution in [0.4, 0.5) is 0 Å². The molecule has 4 heterocycles. The summed E-state index contributed by atoms with van der Waals surface area (Å²) in [4.78, 5) is 18.8. The molecule has 6 rings (SSSR count). The average molecular weight is 531 g/mol. The van der Waals surface area contributed by atoms with E-state index in [9.17, 15) is 4.79 Å². The zero-order chi connectivity index (χ0) is 26.9. The van der Waals surface area contributed by atoms with E-state index in [1.807, 2.05) is 41.9 Å². The lowest BCUT2D eigenvalue weighted by Gasteiger charge is -2.30. The summed E-state index contributed by atoms with van der Waals surface area (Å²) in [6, 6.07) is 12.0. The van der Waals surface area contributed by atoms with E-state index < -0.39 is 0 Å². The van der Waals surface area contributed by atoms with Crippen molar-refractivity contribution in [3.63, 3.8) is 0 Å². The first-order valence-corrected chi connectivity index (χ1v) is 13.6. The molecule has 2 aliphatic rings. The number of nitrogens with one attached hydrogen (secondary N) is 1. The number of ether oxygens (including phenoxy) is 3. The quantitative estimate of drug-likeness (QED) is 0.343. The fourth-order valence-corrected chi connectivity index (χ4v) is 5.67. The number of pyridine rings is 1. The molecule has 0 spiro atoms. The first-order chi connectivity index (χ1) is 19.0. The molecule has 1 fully saturated rings. The molecule has 0 aliphatic carbocycles. The Morgan fingerprint density at radius 2 is 1.95 bits per heavy atom. The third-order valence-electron chi connectivity index (χ3n) is 7.80. The van der Waals surface area contributed by atoms with Gasteiger partial charge in [0.25, 0.3) is 5.56 Å². The fraction of sp³-hybridized carbons (Fsp3) is 0.448. The maximum Gasteiger partial charge on any atom is 0.252 e. The lowest BCUT2D eigenvalue weighted by molar-refractivity contribution is 0.0888. The van der Waals surface area contributed by atoms with Crippen molar-refractivity contribution in [2.24, 2.45) is 0 Å². The highest BCUT2D eigenvalue weighted by atomic mass is 16.7. The zero-order valence-electron chi connectivity index (χ0n) is 22.6. The second kappa shape index (κ2) is 10.8. The molecule has 2 atom stereocenters. The van der Waals surface area contributed by atoms with Gasteiger partial charge < -0.3 is 19.2 Å². The average Bonchev–Trinajstić information content (AvgIpc) is 3.71. The number of benzene rings is 2. The molecule has 10 nitrogen and oxygen atoms in total. The van der Waals surface area contributed by atoms with Crippen molar-refractivity contribution < 1.29 is 14.2 Å². The highest BCUT2D eigenvalue weighted by Crippen LogP contribution is 2.34. The van der Waals surface area contributed by atoms with Crippen LogP contribution in [0.25, 0.3) is 10.9 Å². The van der Waals surface area contributed by atoms with Crippen LogP contribution in [-0.2, 0) is 24.4 Å². The van der Waals surface area contributed by atoms with E-state index in [4.69, 9.17) is 14.2 Å². The van der Waals surface area contributed by atoms with E-state index in [0.29, 0.717) is 25.2 Å². The third kappa shape index (κ3) is 5.14. The summed E-state index contributed by atoms with van der Waals surface area (Å²) in [5.41, 5.74) is 4.74. The number of fused-ring (bicyclic) bond motifs is 2. The van der Waals surface area contributed by atoms with Gasteiger partial charge in [-0.15, -0.1) is 5.10 Å². The van der Waals surface area contributed by atoms with Gasteiger partial charge in [0, 0.05) is 30.6 Å². The summed E-state index contributed by atoms with van der Waals surface area (Å²) in [6.45, 7) is 8.84. The van der Waals surface area contributed by atoms with E-state index >= 15 is 0 Å². The molecular formula is C29H34N6O4. The molecule has 2 aromatic carbocycles. The van der Waals surface area contributed by atoms with Crippen molar-refractivity contribution in [3.05, 3.63) is 74.8 Å². The highest BCUT2D eigenvalue weighted by Gasteiger charge is 2.28. The summed E-state index contributed by atoms with van der Waals surface area (Å²) >= 11 is 0. The number of aryl methyl sites for hydroxylation is 2. The van der Waals surface area contributed by atoms with E-state index in [-0.39, 0.29) is 24.5 Å². The number of hydrogen-bond donors (Lipinski definition) is 1. The van der Waals surface area contributed by atoms with E-state index in [2.05, 4.69) is 45.3 Å². The fourth-order valence-electron chi connectivity index (χ4n) is 5.67. The predicted molar refractivity (Wildman–Crippen MR) is 146 cm³/mol. The Morgan fingerprint density at radius 1 is 1.10 bits per heavy atom. The van der Waals surface area contributed by atoms with Gasteiger partial charge in [-0.2, -0.15) is 0 Å². The molecule has 2 aliphatic heterocycles. The molecule has 1 N–H and O–H groups in total. The largest absolute Gasteiger partial charge is 0.454 e. The topological polar surface area (TPSA) is 107 Å². The van der Waals surface area contributed by atoms with E-state index in [0.717, 1.165) is 70.8 Å². The van der Waals surface area contributed by atoms with Crippen LogP contribution in [0.15, 0.2) is 41.2 Å². The number of H-pyrrole nitrogens is 1. The van der Waals surface area contributed by atoms with Gasteiger partial charge in [0.15, 0.2) is 17.3 Å². The molecule has 204 valence electrons. The normalized spacial score (nSPS) is 17.4. The molecule has 0 saturated carbocycles. The van der Waals surface area contributed by atoms with Crippen molar-refractivity contribution in [1.29, 1.82) is 0 Å². The SMILES string of the molecule is CC[C@H](c1nnnn1C[C@@H]1CCCO1)N(Cc1ccc2c(c1)OCO2)Cc1cc2c(C)ccc(C)c2[nH]c1=O. The molecule has 0 radical (unpaired) electrons. The van der Waals surface area contributed by atoms with Gasteiger partial charge in [-0.05, 0) is 78.4 Å². The molecule has 0 amide bonds. The predicted octanol–water partition coefficient (Wildman–Crippen LogP) is 4.19. The maximum atomic E-state index is 13.4. The molecular weight excluding hydrogens is 496 g/mol. The Balaban J connectivity index is 1.38. The van der Waals surface area contributed by atoms with Crippen LogP contribution in [0, 0.1) is 13.8 Å². The molecule has 0 bridgehead atoms. The third-order valence-corrected chi connectivity index (χ3v) is 7.80. The number of nitrogens with zero attached hydrogens (tertiary/aromatic N) is 5. The summed E-state index contributed by atoms with van der Waals surface area (Å²) in [6.07, 6.45) is 2.93. The van der Waals surface area contributed by atoms with Crippen molar-refractivity contribution in [2.45, 2.75) is 71.8 Å². The second-order valence-corrected chi connectivity index (χ2v) is 10.5. The Kier molecular flexibility index (Phi) is 7.05. The van der Waals surface area contributed by atoms with Crippen molar-refractivity contribution in [1.82, 2.24) is 30.1 Å². The lowest BCUT2D eigenvalue weighted by atomic mass is 10.0. The highest BCUT2D eigenvalue weighted by molar-refractivity contribution is 5.85. The number of hydrogen-bond acceptors (Lipinski definition) is 8. The molecule has 1 saturated heterocycles. The summed E-state index contributed by atoms with van der Waals surface area (Å²) < 4.78 is 18.9. The Hall–Kier alpha value is -3.76. The Morgan fingerprint density at radius 3 is 2.77 bits per heavy atom. The maximum absolute atomic E-state index is 13.4. The summed E-state index contributed by atoms with van der Waals surface area (Å²) in [5, 5.41) is 13.9. The number of aromatic amines is 1. The first-order valence-electron chi connectivity index (χ1n) is 13.6. The standard InChI is InChI=1S/C29H34N6O4/c1-4-24(28-31-32-33-35(28)16-22-6-5-11-37-22)34(14-20-9-10-25-26(12-20)39-17-38-25)15-21-13-23-18(2)7-8-19(3)27(23)30-29(21)36/h7-10,12-13,22,24H,4-6,11,14-17H2,1-3H3,(H,30,36)/t22-,24+/m0/s1. The number of rotatable bonds is 9. The minimum Gasteiger partial charge on any atom is -0.454 e. The minimum absolute atomic E-state index is 0.0827. The second-order valence-electron chi connectivity index (χ2n) is 10.5. The van der Waals surface area contributed by atoms with Gasteiger partial charge in [-0.25, -0.2) is 4.68 Å². The van der Waals surface area contributed by atoms with Crippen LogP contribution in [0.2, 0.25) is 0 Å². The Labute approximate surface area is 226 Å². The zero-order valence-corrected chi connectivity index (χ0v) is 22.6. The van der Waals surface area contributed by atoms with Gasteiger partial charge in [-0.3, -0.25) is 9.69 Å². The van der Waals surface area contributed by atoms with Crippen LogP contribution in [0.1, 0.15) is 60.3 Å². The molecule has 0 unspecified atom stereocenters. The minimum atomic E-state index is -0.125. The van der Waals surface area contributed by atoms with Crippen molar-refractivity contribution >= 4 is 10.9 Å². The smallest absolute Gasteiger partial charge is 0.252 e. The Bertz CT molecular complexity index is 1540. The molecule has 39 heavy (non-hydrogen) atoms. The first kappa shape index (κ1) is 25.5. The summed E-state index contributed by atoms with van der Waals surface area (Å²) in [5.74, 6) is 2.26. The van der Waals surface area contributed by atoms with Crippen molar-refractivity contribution in [3.8, 4) is 11.5 Å². The van der Waals surface area contributed by atoms with Crippen LogP contribution in [0.5, 0.6) is 11.5 Å². The molecule has 2 aromatic heterocycles. The molecule has 10 heteroatoms. The van der Waals surface area contributed by atoms with Crippen molar-refractivity contribution in [2.75, 3.05) is 13.4 Å². The van der Waals surface area contributed by atoms with Gasteiger partial charge in [-0.1, -0.05) is 25.1 Å². The van der Waals surface area contributed by atoms with Crippen LogP contribution in [0.3, 0.4) is 0 Å². The van der Waals surface area contributed by atoms with Crippen LogP contribution >= 0.6 is 0 Å². The van der Waals surface area contributed by atoms with Gasteiger partial charge in [0.1, 0.15) is 0 Å². The summed E-state index contributed by atoms with van der Waals surface area (Å²) in [7, 11) is 0. The lowest BCUT2D eigenvalue weighted by Crippen LogP contribution is -2.33. The number of aromatic nitrogens is 5. The van der Waals surface area contributed by atoms with Crippen LogP contribution in [-0.4, -0.2) is 49.6 Å². The monoisotopic (exact) mass is 530 g/mol.